The summed E-state index contributed by atoms with van der Waals surface area (Å²) >= 11 is 10.4. The Morgan fingerprint density at radius 3 is 2.24 bits per heavy atom. The molecule has 0 fully saturated rings. The predicted octanol–water partition coefficient (Wildman–Crippen LogP) is 4.90. The Balaban J connectivity index is 0.00000256. The second-order valence-electron chi connectivity index (χ2n) is 3.67. The van der Waals surface area contributed by atoms with E-state index < -0.39 is 0 Å². The van der Waals surface area contributed by atoms with Crippen LogP contribution in [0.4, 0.5) is 0 Å². The summed E-state index contributed by atoms with van der Waals surface area (Å²) < 4.78 is 8.59. The predicted molar refractivity (Wildman–Crippen MR) is 85.2 cm³/mol. The largest absolute Gasteiger partial charge is 0.491 e. The monoisotopic (exact) mass is 449 g/mol. The third-order valence-electron chi connectivity index (χ3n) is 2.01. The van der Waals surface area contributed by atoms with Gasteiger partial charge in [0.1, 0.15) is 5.75 Å². The average molecular weight is 452 g/mol. The molecule has 0 radical (unpaired) electrons. The van der Waals surface area contributed by atoms with Gasteiger partial charge < -0.3 is 10.5 Å². The van der Waals surface area contributed by atoms with Gasteiger partial charge in [-0.2, -0.15) is 0 Å². The van der Waals surface area contributed by atoms with E-state index >= 15 is 0 Å². The van der Waals surface area contributed by atoms with Gasteiger partial charge in [-0.3, -0.25) is 0 Å². The van der Waals surface area contributed by atoms with Gasteiger partial charge in [-0.25, -0.2) is 0 Å². The maximum absolute atomic E-state index is 5.70. The molecule has 2 nitrogen and oxygen atoms in total. The number of hydrogen-bond acceptors (Lipinski definition) is 2. The summed E-state index contributed by atoms with van der Waals surface area (Å²) in [6.45, 7) is 2.69. The van der Waals surface area contributed by atoms with Crippen molar-refractivity contribution in [3.8, 4) is 5.75 Å². The number of rotatable bonds is 5. The summed E-state index contributed by atoms with van der Waals surface area (Å²) in [6, 6.07) is 4.16. The zero-order chi connectivity index (χ0) is 12.1. The molecule has 0 spiro atoms. The molecule has 98 valence electrons. The minimum absolute atomic E-state index is 0. The fourth-order valence-electron chi connectivity index (χ4n) is 1.25. The number of ether oxygens (including phenoxy) is 1. The highest BCUT2D eigenvalue weighted by molar-refractivity contribution is 9.11. The second-order valence-corrected chi connectivity index (χ2v) is 6.29. The lowest BCUT2D eigenvalue weighted by molar-refractivity contribution is 0.299. The van der Waals surface area contributed by atoms with Crippen LogP contribution < -0.4 is 10.5 Å². The van der Waals surface area contributed by atoms with Gasteiger partial charge in [0.25, 0.3) is 0 Å². The van der Waals surface area contributed by atoms with Crippen LogP contribution in [0.2, 0.25) is 0 Å². The van der Waals surface area contributed by atoms with E-state index in [0.717, 1.165) is 32.0 Å². The first kappa shape index (κ1) is 17.7. The molecule has 0 bridgehead atoms. The molecular weight excluding hydrogens is 437 g/mol. The maximum Gasteiger partial charge on any atom is 0.147 e. The van der Waals surface area contributed by atoms with E-state index in [1.165, 1.54) is 0 Å². The molecule has 0 amide bonds. The third-order valence-corrected chi connectivity index (χ3v) is 3.65. The number of benzene rings is 1. The van der Waals surface area contributed by atoms with Crippen molar-refractivity contribution in [2.45, 2.75) is 25.8 Å². The van der Waals surface area contributed by atoms with E-state index in [4.69, 9.17) is 10.5 Å². The Kier molecular flexibility index (Phi) is 9.12. The average Bonchev–Trinajstić information content (AvgIpc) is 2.14. The van der Waals surface area contributed by atoms with Gasteiger partial charge in [0.15, 0.2) is 0 Å². The zero-order valence-corrected chi connectivity index (χ0v) is 15.0. The second kappa shape index (κ2) is 8.75. The van der Waals surface area contributed by atoms with Crippen molar-refractivity contribution in [2.75, 3.05) is 6.61 Å². The standard InChI is InChI=1S/C11H14Br3NO.ClH/c1-7(15)3-2-4-16-11-9(13)5-8(12)6-10(11)14;/h5-7H,2-4,15H2,1H3;1H. The summed E-state index contributed by atoms with van der Waals surface area (Å²) in [5.41, 5.74) is 5.67. The highest BCUT2D eigenvalue weighted by Gasteiger charge is 2.08. The van der Waals surface area contributed by atoms with Crippen LogP contribution in [-0.2, 0) is 0 Å². The molecule has 1 atom stereocenters. The zero-order valence-electron chi connectivity index (χ0n) is 9.38. The van der Waals surface area contributed by atoms with E-state index in [2.05, 4.69) is 47.8 Å². The van der Waals surface area contributed by atoms with Gasteiger partial charge in [0, 0.05) is 10.5 Å². The smallest absolute Gasteiger partial charge is 0.147 e. The Hall–Kier alpha value is 0.710. The van der Waals surface area contributed by atoms with Crippen molar-refractivity contribution >= 4 is 60.2 Å². The summed E-state index contributed by atoms with van der Waals surface area (Å²) in [7, 11) is 0. The first-order valence-electron chi connectivity index (χ1n) is 5.03. The lowest BCUT2D eigenvalue weighted by Gasteiger charge is -2.11. The van der Waals surface area contributed by atoms with Crippen LogP contribution in [0.15, 0.2) is 25.6 Å². The minimum atomic E-state index is 0. The van der Waals surface area contributed by atoms with Crippen LogP contribution in [0.5, 0.6) is 5.75 Å². The van der Waals surface area contributed by atoms with Crippen molar-refractivity contribution in [3.63, 3.8) is 0 Å². The molecular formula is C11H15Br3ClNO. The topological polar surface area (TPSA) is 35.2 Å². The molecule has 1 rings (SSSR count). The Morgan fingerprint density at radius 1 is 1.24 bits per heavy atom. The van der Waals surface area contributed by atoms with Crippen LogP contribution in [0.1, 0.15) is 19.8 Å². The highest BCUT2D eigenvalue weighted by Crippen LogP contribution is 2.36. The van der Waals surface area contributed by atoms with Crippen LogP contribution in [0, 0.1) is 0 Å². The van der Waals surface area contributed by atoms with E-state index in [-0.39, 0.29) is 18.4 Å². The molecule has 0 saturated carbocycles. The van der Waals surface area contributed by atoms with Gasteiger partial charge in [0.2, 0.25) is 0 Å². The summed E-state index contributed by atoms with van der Waals surface area (Å²) in [5.74, 6) is 0.841. The lowest BCUT2D eigenvalue weighted by Crippen LogP contribution is -2.15. The molecule has 2 N–H and O–H groups in total. The van der Waals surface area contributed by atoms with Gasteiger partial charge in [-0.15, -0.1) is 12.4 Å². The number of hydrogen-bond donors (Lipinski definition) is 1. The molecule has 1 aromatic rings. The third kappa shape index (κ3) is 6.43. The molecule has 1 aromatic carbocycles. The normalized spacial score (nSPS) is 11.8. The van der Waals surface area contributed by atoms with Crippen LogP contribution in [0.3, 0.4) is 0 Å². The van der Waals surface area contributed by atoms with E-state index in [0.29, 0.717) is 6.61 Å². The number of nitrogens with two attached hydrogens (primary N) is 1. The van der Waals surface area contributed by atoms with Gasteiger partial charge in [-0.05, 0) is 63.8 Å². The van der Waals surface area contributed by atoms with Crippen molar-refractivity contribution < 1.29 is 4.74 Å². The van der Waals surface area contributed by atoms with Crippen molar-refractivity contribution in [2.24, 2.45) is 5.73 Å². The summed E-state index contributed by atoms with van der Waals surface area (Å²) in [4.78, 5) is 0. The Bertz CT molecular complexity index is 338. The van der Waals surface area contributed by atoms with Crippen molar-refractivity contribution in [1.29, 1.82) is 0 Å². The fraction of sp³-hybridized carbons (Fsp3) is 0.455. The Morgan fingerprint density at radius 2 is 1.76 bits per heavy atom. The van der Waals surface area contributed by atoms with E-state index in [1.54, 1.807) is 0 Å². The molecule has 0 aromatic heterocycles. The van der Waals surface area contributed by atoms with E-state index in [1.807, 2.05) is 19.1 Å². The molecule has 17 heavy (non-hydrogen) atoms. The van der Waals surface area contributed by atoms with Crippen LogP contribution in [-0.4, -0.2) is 12.6 Å². The molecule has 0 heterocycles. The van der Waals surface area contributed by atoms with Gasteiger partial charge in [-0.1, -0.05) is 15.9 Å². The van der Waals surface area contributed by atoms with Crippen LogP contribution in [0.25, 0.3) is 0 Å². The van der Waals surface area contributed by atoms with Crippen molar-refractivity contribution in [3.05, 3.63) is 25.6 Å². The molecule has 0 aliphatic heterocycles. The summed E-state index contributed by atoms with van der Waals surface area (Å²) in [5, 5.41) is 0. The van der Waals surface area contributed by atoms with Gasteiger partial charge >= 0.3 is 0 Å². The van der Waals surface area contributed by atoms with E-state index in [9.17, 15) is 0 Å². The summed E-state index contributed by atoms with van der Waals surface area (Å²) in [6.07, 6.45) is 1.94. The molecule has 0 aliphatic rings. The molecule has 0 saturated heterocycles. The highest BCUT2D eigenvalue weighted by atomic mass is 79.9. The maximum atomic E-state index is 5.70. The quantitative estimate of drug-likeness (QED) is 0.645. The first-order chi connectivity index (χ1) is 7.50. The lowest BCUT2D eigenvalue weighted by atomic mass is 10.2. The molecule has 0 aliphatic carbocycles. The van der Waals surface area contributed by atoms with Crippen molar-refractivity contribution in [1.82, 2.24) is 0 Å². The molecule has 6 heteroatoms. The Labute approximate surface area is 133 Å². The van der Waals surface area contributed by atoms with Gasteiger partial charge in [0.05, 0.1) is 15.6 Å². The first-order valence-corrected chi connectivity index (χ1v) is 7.41. The fourth-order valence-corrected chi connectivity index (χ4v) is 3.73. The molecule has 1 unspecified atom stereocenters. The minimum Gasteiger partial charge on any atom is -0.491 e. The SMILES string of the molecule is CC(N)CCCOc1c(Br)cc(Br)cc1Br.Cl. The van der Waals surface area contributed by atoms with Crippen LogP contribution >= 0.6 is 60.2 Å². The number of halogens is 4.